The molecule has 0 aliphatic heterocycles. The first-order valence-corrected chi connectivity index (χ1v) is 4.40. The zero-order valence-electron chi connectivity index (χ0n) is 8.12. The molecule has 1 N–H and O–H groups in total. The topological polar surface area (TPSA) is 50.7 Å². The van der Waals surface area contributed by atoms with Gasteiger partial charge >= 0.3 is 11.9 Å². The van der Waals surface area contributed by atoms with Crippen molar-refractivity contribution in [2.45, 2.75) is 6.18 Å². The highest BCUT2D eigenvalue weighted by atomic mass is 19.4. The molecule has 1 heterocycles. The summed E-state index contributed by atoms with van der Waals surface area (Å²) in [5.74, 6) is -1.96. The minimum atomic E-state index is -4.73. The lowest BCUT2D eigenvalue weighted by molar-refractivity contribution is -0.144. The number of nitrogens with zero attached hydrogens (tertiary/aromatic N) is 2. The number of hydrogen-bond acceptors (Lipinski definition) is 2. The molecule has 90 valence electrons. The van der Waals surface area contributed by atoms with Crippen LogP contribution >= 0.6 is 0 Å². The number of aromatic amines is 1. The molecular formula is C9H5F4N3O. The van der Waals surface area contributed by atoms with Gasteiger partial charge in [-0.2, -0.15) is 17.9 Å². The fourth-order valence-electron chi connectivity index (χ4n) is 1.21. The van der Waals surface area contributed by atoms with E-state index < -0.39 is 23.5 Å². The fourth-order valence-corrected chi connectivity index (χ4v) is 1.21. The summed E-state index contributed by atoms with van der Waals surface area (Å²) in [4.78, 5) is 12.8. The Labute approximate surface area is 91.5 Å². The Bertz CT molecular complexity index is 582. The zero-order chi connectivity index (χ0) is 12.6. The molecule has 8 heteroatoms. The van der Waals surface area contributed by atoms with Gasteiger partial charge in [0.2, 0.25) is 5.82 Å². The van der Waals surface area contributed by atoms with Crippen LogP contribution in [0.15, 0.2) is 29.1 Å². The maximum atomic E-state index is 12.6. The van der Waals surface area contributed by atoms with Crippen LogP contribution in [0, 0.1) is 5.82 Å². The lowest BCUT2D eigenvalue weighted by atomic mass is 10.3. The number of alkyl halides is 3. The Hall–Kier alpha value is -2.12. The highest BCUT2D eigenvalue weighted by molar-refractivity contribution is 5.30. The normalized spacial score (nSPS) is 11.8. The summed E-state index contributed by atoms with van der Waals surface area (Å²) in [5, 5.41) is 3.08. The first kappa shape index (κ1) is 11.4. The Morgan fingerprint density at radius 1 is 1.18 bits per heavy atom. The molecule has 1 aromatic heterocycles. The van der Waals surface area contributed by atoms with Gasteiger partial charge in [0.15, 0.2) is 0 Å². The molecular weight excluding hydrogens is 242 g/mol. The zero-order valence-corrected chi connectivity index (χ0v) is 8.12. The van der Waals surface area contributed by atoms with Crippen molar-refractivity contribution in [3.63, 3.8) is 0 Å². The third-order valence-corrected chi connectivity index (χ3v) is 1.96. The molecule has 2 rings (SSSR count). The van der Waals surface area contributed by atoms with Gasteiger partial charge in [0.25, 0.3) is 0 Å². The van der Waals surface area contributed by atoms with E-state index in [-0.39, 0.29) is 5.69 Å². The third kappa shape index (κ3) is 2.19. The van der Waals surface area contributed by atoms with Crippen molar-refractivity contribution < 1.29 is 17.6 Å². The Morgan fingerprint density at radius 3 is 2.24 bits per heavy atom. The van der Waals surface area contributed by atoms with E-state index in [2.05, 4.69) is 5.10 Å². The predicted molar refractivity (Wildman–Crippen MR) is 49.1 cm³/mol. The summed E-state index contributed by atoms with van der Waals surface area (Å²) >= 11 is 0. The summed E-state index contributed by atoms with van der Waals surface area (Å²) in [6.45, 7) is 0. The van der Waals surface area contributed by atoms with E-state index in [1.807, 2.05) is 0 Å². The van der Waals surface area contributed by atoms with Gasteiger partial charge in [0, 0.05) is 0 Å². The average Bonchev–Trinajstić information content (AvgIpc) is 2.61. The van der Waals surface area contributed by atoms with Crippen LogP contribution in [0.3, 0.4) is 0 Å². The lowest BCUT2D eigenvalue weighted by Crippen LogP contribution is -2.15. The van der Waals surface area contributed by atoms with Gasteiger partial charge in [-0.1, -0.05) is 0 Å². The van der Waals surface area contributed by atoms with Gasteiger partial charge in [-0.3, -0.25) is 4.98 Å². The second-order valence-corrected chi connectivity index (χ2v) is 3.16. The van der Waals surface area contributed by atoms with E-state index >= 15 is 0 Å². The first-order valence-electron chi connectivity index (χ1n) is 4.40. The highest BCUT2D eigenvalue weighted by Gasteiger charge is 2.36. The minimum absolute atomic E-state index is 0.0446. The molecule has 0 spiro atoms. The van der Waals surface area contributed by atoms with Crippen molar-refractivity contribution in [1.82, 2.24) is 14.8 Å². The van der Waals surface area contributed by atoms with Crippen molar-refractivity contribution in [3.8, 4) is 5.69 Å². The summed E-state index contributed by atoms with van der Waals surface area (Å²) in [6, 6.07) is 4.34. The summed E-state index contributed by atoms with van der Waals surface area (Å²) in [6.07, 6.45) is -4.73. The summed E-state index contributed by atoms with van der Waals surface area (Å²) < 4.78 is 49.9. The van der Waals surface area contributed by atoms with Crippen molar-refractivity contribution in [1.29, 1.82) is 0 Å². The monoisotopic (exact) mass is 247 g/mol. The van der Waals surface area contributed by atoms with Gasteiger partial charge in [0.1, 0.15) is 5.82 Å². The summed E-state index contributed by atoms with van der Waals surface area (Å²) in [7, 11) is 0. The van der Waals surface area contributed by atoms with E-state index in [1.54, 1.807) is 4.98 Å². The van der Waals surface area contributed by atoms with Crippen LogP contribution in [-0.4, -0.2) is 14.8 Å². The van der Waals surface area contributed by atoms with Crippen molar-refractivity contribution in [3.05, 3.63) is 46.4 Å². The van der Waals surface area contributed by atoms with Crippen molar-refractivity contribution in [2.24, 2.45) is 0 Å². The second kappa shape index (κ2) is 3.72. The molecule has 0 saturated carbocycles. The molecule has 0 saturated heterocycles. The number of H-pyrrole nitrogens is 1. The number of halogens is 4. The maximum absolute atomic E-state index is 12.6. The minimum Gasteiger partial charge on any atom is -0.285 e. The first-order chi connectivity index (χ1) is 7.88. The maximum Gasteiger partial charge on any atom is 0.451 e. The molecule has 0 amide bonds. The number of benzene rings is 1. The SMILES string of the molecule is O=c1[nH]c(C(F)(F)F)nn1-c1ccc(F)cc1. The lowest BCUT2D eigenvalue weighted by Gasteiger charge is -2.00. The van der Waals surface area contributed by atoms with Gasteiger partial charge in [-0.15, -0.1) is 5.10 Å². The van der Waals surface area contributed by atoms with Crippen LogP contribution < -0.4 is 5.69 Å². The standard InChI is InChI=1S/C9H5F4N3O/c10-5-1-3-6(4-2-5)16-8(17)14-7(15-16)9(11,12)13/h1-4H,(H,14,15,17). The highest BCUT2D eigenvalue weighted by Crippen LogP contribution is 2.25. The van der Waals surface area contributed by atoms with E-state index in [0.717, 1.165) is 24.3 Å². The van der Waals surface area contributed by atoms with Gasteiger partial charge in [-0.25, -0.2) is 9.18 Å². The Kier molecular flexibility index (Phi) is 2.49. The van der Waals surface area contributed by atoms with Crippen molar-refractivity contribution >= 4 is 0 Å². The second-order valence-electron chi connectivity index (χ2n) is 3.16. The van der Waals surface area contributed by atoms with E-state index in [1.165, 1.54) is 0 Å². The van der Waals surface area contributed by atoms with Crippen LogP contribution in [-0.2, 0) is 6.18 Å². The van der Waals surface area contributed by atoms with Gasteiger partial charge in [-0.05, 0) is 24.3 Å². The quantitative estimate of drug-likeness (QED) is 0.780. The molecule has 17 heavy (non-hydrogen) atoms. The fraction of sp³-hybridized carbons (Fsp3) is 0.111. The van der Waals surface area contributed by atoms with Crippen LogP contribution in [0.4, 0.5) is 17.6 Å². The van der Waals surface area contributed by atoms with E-state index in [9.17, 15) is 22.4 Å². The van der Waals surface area contributed by atoms with Gasteiger partial charge < -0.3 is 0 Å². The van der Waals surface area contributed by atoms with Gasteiger partial charge in [0.05, 0.1) is 5.69 Å². The Balaban J connectivity index is 2.50. The molecule has 1 aromatic carbocycles. The molecule has 2 aromatic rings. The number of nitrogens with one attached hydrogen (secondary N) is 1. The molecule has 0 aliphatic rings. The molecule has 0 atom stereocenters. The molecule has 4 nitrogen and oxygen atoms in total. The number of aromatic nitrogens is 3. The Morgan fingerprint density at radius 2 is 1.76 bits per heavy atom. The number of hydrogen-bond donors (Lipinski definition) is 1. The smallest absolute Gasteiger partial charge is 0.285 e. The number of rotatable bonds is 1. The van der Waals surface area contributed by atoms with Crippen LogP contribution in [0.25, 0.3) is 5.69 Å². The third-order valence-electron chi connectivity index (χ3n) is 1.96. The van der Waals surface area contributed by atoms with E-state index in [0.29, 0.717) is 4.68 Å². The molecule has 0 fully saturated rings. The molecule has 0 aliphatic carbocycles. The average molecular weight is 247 g/mol. The molecule has 0 bridgehead atoms. The predicted octanol–water partition coefficient (Wildman–Crippen LogP) is 1.72. The van der Waals surface area contributed by atoms with Crippen molar-refractivity contribution in [2.75, 3.05) is 0 Å². The van der Waals surface area contributed by atoms with Crippen LogP contribution in [0.1, 0.15) is 5.82 Å². The van der Waals surface area contributed by atoms with Crippen LogP contribution in [0.5, 0.6) is 0 Å². The molecule has 0 radical (unpaired) electrons. The molecule has 0 unspecified atom stereocenters. The largest absolute Gasteiger partial charge is 0.451 e. The van der Waals surface area contributed by atoms with Crippen LogP contribution in [0.2, 0.25) is 0 Å². The summed E-state index contributed by atoms with van der Waals surface area (Å²) in [5.41, 5.74) is -0.993. The van der Waals surface area contributed by atoms with E-state index in [4.69, 9.17) is 0 Å².